The van der Waals surface area contributed by atoms with Crippen molar-refractivity contribution in [3.63, 3.8) is 0 Å². The largest absolute Gasteiger partial charge is 0.382 e. The number of benzene rings is 1. The molecule has 0 bridgehead atoms. The van der Waals surface area contributed by atoms with Crippen LogP contribution in [0.3, 0.4) is 0 Å². The zero-order chi connectivity index (χ0) is 26.2. The molecule has 38 heavy (non-hydrogen) atoms. The normalized spacial score (nSPS) is 18.9. The lowest BCUT2D eigenvalue weighted by Gasteiger charge is -2.36. The Kier molecular flexibility index (Phi) is 6.61. The van der Waals surface area contributed by atoms with Crippen LogP contribution in [0.2, 0.25) is 0 Å². The minimum absolute atomic E-state index is 0.0731. The van der Waals surface area contributed by atoms with Gasteiger partial charge in [0.1, 0.15) is 11.8 Å². The summed E-state index contributed by atoms with van der Waals surface area (Å²) in [5.74, 6) is 0.497. The van der Waals surface area contributed by atoms with Crippen LogP contribution in [-0.2, 0) is 0 Å². The Morgan fingerprint density at radius 3 is 2.66 bits per heavy atom. The summed E-state index contributed by atoms with van der Waals surface area (Å²) in [6.07, 6.45) is 11.5. The van der Waals surface area contributed by atoms with E-state index in [0.29, 0.717) is 23.5 Å². The highest BCUT2D eigenvalue weighted by molar-refractivity contribution is 5.96. The van der Waals surface area contributed by atoms with Gasteiger partial charge in [-0.2, -0.15) is 10.2 Å². The fourth-order valence-corrected chi connectivity index (χ4v) is 6.17. The number of hydrogen-bond acceptors (Lipinski definition) is 6. The molecule has 0 radical (unpaired) electrons. The molecular weight excluding hydrogens is 476 g/mol. The second-order valence-corrected chi connectivity index (χ2v) is 10.9. The summed E-state index contributed by atoms with van der Waals surface area (Å²) in [7, 11) is 4.17. The second kappa shape index (κ2) is 10.2. The van der Waals surface area contributed by atoms with Crippen molar-refractivity contribution < 1.29 is 4.79 Å². The quantitative estimate of drug-likeness (QED) is 0.422. The summed E-state index contributed by atoms with van der Waals surface area (Å²) in [5.41, 5.74) is 11.7. The van der Waals surface area contributed by atoms with Crippen molar-refractivity contribution in [1.29, 1.82) is 0 Å². The van der Waals surface area contributed by atoms with Crippen molar-refractivity contribution in [2.24, 2.45) is 0 Å². The van der Waals surface area contributed by atoms with E-state index < -0.39 is 0 Å². The first-order valence-corrected chi connectivity index (χ1v) is 13.7. The van der Waals surface area contributed by atoms with Crippen LogP contribution in [0.4, 0.5) is 5.82 Å². The van der Waals surface area contributed by atoms with Gasteiger partial charge < -0.3 is 15.5 Å². The van der Waals surface area contributed by atoms with Crippen molar-refractivity contribution in [2.45, 2.75) is 57.0 Å². The Morgan fingerprint density at radius 2 is 1.84 bits per heavy atom. The van der Waals surface area contributed by atoms with Crippen LogP contribution in [0.5, 0.6) is 0 Å². The van der Waals surface area contributed by atoms with Crippen molar-refractivity contribution in [1.82, 2.24) is 34.2 Å². The van der Waals surface area contributed by atoms with E-state index in [1.807, 2.05) is 39.9 Å². The molecule has 1 aromatic carbocycles. The number of likely N-dealkylation sites (tertiary alicyclic amines) is 1. The van der Waals surface area contributed by atoms with Crippen molar-refractivity contribution in [3.05, 3.63) is 54.5 Å². The number of nitrogens with zero attached hydrogens (tertiary/aromatic N) is 7. The molecule has 4 aromatic rings. The molecule has 1 unspecified atom stereocenters. The third-order valence-electron chi connectivity index (χ3n) is 8.27. The fourth-order valence-electron chi connectivity index (χ4n) is 6.17. The van der Waals surface area contributed by atoms with Crippen LogP contribution in [0, 0.1) is 0 Å². The molecule has 2 fully saturated rings. The number of anilines is 1. The van der Waals surface area contributed by atoms with Gasteiger partial charge in [-0.05, 0) is 64.0 Å². The van der Waals surface area contributed by atoms with Gasteiger partial charge in [-0.1, -0.05) is 31.4 Å². The highest BCUT2D eigenvalue weighted by Crippen LogP contribution is 2.38. The van der Waals surface area contributed by atoms with Crippen molar-refractivity contribution in [2.75, 3.05) is 32.9 Å². The molecule has 198 valence electrons. The van der Waals surface area contributed by atoms with Gasteiger partial charge in [0.2, 0.25) is 0 Å². The Balaban J connectivity index is 1.39. The van der Waals surface area contributed by atoms with Crippen LogP contribution in [0.25, 0.3) is 28.0 Å². The van der Waals surface area contributed by atoms with E-state index in [-0.39, 0.29) is 5.91 Å². The van der Waals surface area contributed by atoms with Crippen molar-refractivity contribution >= 4 is 17.2 Å². The van der Waals surface area contributed by atoms with Gasteiger partial charge in [0.05, 0.1) is 17.4 Å². The summed E-state index contributed by atoms with van der Waals surface area (Å²) < 4.78 is 4.00. The summed E-state index contributed by atoms with van der Waals surface area (Å²) in [5, 5.41) is 9.29. The van der Waals surface area contributed by atoms with E-state index in [4.69, 9.17) is 10.8 Å². The Bertz CT molecular complexity index is 1450. The predicted molar refractivity (Wildman–Crippen MR) is 149 cm³/mol. The van der Waals surface area contributed by atoms with Crippen LogP contribution >= 0.6 is 0 Å². The maximum absolute atomic E-state index is 13.5. The van der Waals surface area contributed by atoms with Gasteiger partial charge in [-0.15, -0.1) is 0 Å². The first-order chi connectivity index (χ1) is 18.5. The van der Waals surface area contributed by atoms with Crippen LogP contribution in [-0.4, -0.2) is 73.3 Å². The average Bonchev–Trinajstić information content (AvgIpc) is 3.59. The lowest BCUT2D eigenvalue weighted by atomic mass is 9.95. The molecule has 0 spiro atoms. The van der Waals surface area contributed by atoms with Crippen molar-refractivity contribution in [3.8, 4) is 22.5 Å². The molecule has 2 aliphatic rings. The average molecular weight is 513 g/mol. The molecule has 1 atom stereocenters. The number of piperidine rings is 1. The fraction of sp³-hybridized carbons (Fsp3) is 0.448. The van der Waals surface area contributed by atoms with Crippen LogP contribution < -0.4 is 5.73 Å². The number of fused-ring (bicyclic) bond motifs is 1. The van der Waals surface area contributed by atoms with Crippen LogP contribution in [0.1, 0.15) is 61.3 Å². The molecule has 1 aliphatic carbocycles. The first kappa shape index (κ1) is 24.6. The molecule has 3 aromatic heterocycles. The van der Waals surface area contributed by atoms with Gasteiger partial charge in [-0.3, -0.25) is 9.48 Å². The lowest BCUT2D eigenvalue weighted by Crippen LogP contribution is -2.47. The van der Waals surface area contributed by atoms with Gasteiger partial charge in [-0.25, -0.2) is 9.50 Å². The van der Waals surface area contributed by atoms with E-state index in [0.717, 1.165) is 66.8 Å². The summed E-state index contributed by atoms with van der Waals surface area (Å²) in [6.45, 7) is 1.55. The number of likely N-dealkylation sites (N-methyl/N-ethyl adjacent to an activating group) is 1. The second-order valence-electron chi connectivity index (χ2n) is 10.9. The number of nitrogens with two attached hydrogens (primary N) is 1. The number of aromatic nitrogens is 5. The number of rotatable bonds is 5. The number of carbonyl (C=O) groups excluding carboxylic acids is 1. The molecule has 1 aliphatic heterocycles. The SMILES string of the molecule is CN(C)C1CCCN(C(=O)c2cccc(-c3cc(-c4ccnn4C4CCCCC4)c4c(N)ncnn34)c2)C1. The monoisotopic (exact) mass is 512 g/mol. The molecule has 9 heteroatoms. The maximum Gasteiger partial charge on any atom is 0.253 e. The summed E-state index contributed by atoms with van der Waals surface area (Å²) in [6, 6.07) is 12.8. The minimum atomic E-state index is 0.0731. The topological polar surface area (TPSA) is 97.6 Å². The van der Waals surface area contributed by atoms with Gasteiger partial charge in [0.25, 0.3) is 5.91 Å². The van der Waals surface area contributed by atoms with E-state index in [9.17, 15) is 4.79 Å². The lowest BCUT2D eigenvalue weighted by molar-refractivity contribution is 0.0635. The molecule has 4 heterocycles. The molecule has 2 N–H and O–H groups in total. The first-order valence-electron chi connectivity index (χ1n) is 13.7. The van der Waals surface area contributed by atoms with Crippen LogP contribution in [0.15, 0.2) is 48.9 Å². The Hall–Kier alpha value is -3.72. The predicted octanol–water partition coefficient (Wildman–Crippen LogP) is 4.51. The van der Waals surface area contributed by atoms with E-state index >= 15 is 0 Å². The number of nitrogen functional groups attached to an aromatic ring is 1. The van der Waals surface area contributed by atoms with E-state index in [1.54, 1.807) is 0 Å². The molecular formula is C29H36N8O. The standard InChI is InChI=1S/C29H36N8O/c1-34(2)23-12-7-15-35(18-23)29(38)21-9-6-8-20(16-21)26-17-24(27-28(30)31-19-33-37(26)27)25-13-14-32-36(25)22-10-4-3-5-11-22/h6,8-9,13-14,16-17,19,22-23H,3-5,7,10-12,15,18H2,1-2H3,(H2,30,31,33). The molecule has 9 nitrogen and oxygen atoms in total. The highest BCUT2D eigenvalue weighted by atomic mass is 16.2. The summed E-state index contributed by atoms with van der Waals surface area (Å²) in [4.78, 5) is 22.0. The molecule has 1 saturated heterocycles. The minimum Gasteiger partial charge on any atom is -0.382 e. The van der Waals surface area contributed by atoms with E-state index in [2.05, 4.69) is 45.9 Å². The van der Waals surface area contributed by atoms with E-state index in [1.165, 1.54) is 25.6 Å². The highest BCUT2D eigenvalue weighted by Gasteiger charge is 2.27. The van der Waals surface area contributed by atoms with Gasteiger partial charge in [0, 0.05) is 42.0 Å². The molecule has 6 rings (SSSR count). The number of carbonyl (C=O) groups is 1. The molecule has 1 amide bonds. The molecule has 1 saturated carbocycles. The Morgan fingerprint density at radius 1 is 1.00 bits per heavy atom. The number of amides is 1. The summed E-state index contributed by atoms with van der Waals surface area (Å²) >= 11 is 0. The zero-order valence-corrected chi connectivity index (χ0v) is 22.3. The van der Waals surface area contributed by atoms with Gasteiger partial charge >= 0.3 is 0 Å². The third kappa shape index (κ3) is 4.45. The third-order valence-corrected chi connectivity index (χ3v) is 8.27. The Labute approximate surface area is 223 Å². The smallest absolute Gasteiger partial charge is 0.253 e. The number of hydrogen-bond donors (Lipinski definition) is 1. The maximum atomic E-state index is 13.5. The zero-order valence-electron chi connectivity index (χ0n) is 22.3. The van der Waals surface area contributed by atoms with Gasteiger partial charge in [0.15, 0.2) is 5.82 Å².